The van der Waals surface area contributed by atoms with Crippen molar-refractivity contribution in [2.24, 2.45) is 5.73 Å². The molecule has 0 unspecified atom stereocenters. The Morgan fingerprint density at radius 3 is 2.43 bits per heavy atom. The number of rotatable bonds is 8. The van der Waals surface area contributed by atoms with E-state index in [1.54, 1.807) is 36.4 Å². The van der Waals surface area contributed by atoms with Crippen molar-refractivity contribution in [2.75, 3.05) is 20.1 Å². The van der Waals surface area contributed by atoms with E-state index in [1.807, 2.05) is 7.05 Å². The minimum atomic E-state index is -4.61. The minimum Gasteiger partial charge on any atom is -0.369 e. The molecule has 5 nitrogen and oxygen atoms in total. The van der Waals surface area contributed by atoms with E-state index in [0.717, 1.165) is 37.7 Å². The Bertz CT molecular complexity index is 1250. The van der Waals surface area contributed by atoms with Crippen molar-refractivity contribution in [3.8, 4) is 0 Å². The van der Waals surface area contributed by atoms with Crippen LogP contribution in [0.4, 0.5) is 17.6 Å². The molecule has 0 atom stereocenters. The molecule has 2 heterocycles. The number of primary amides is 1. The van der Waals surface area contributed by atoms with Gasteiger partial charge in [-0.05, 0) is 80.1 Å². The predicted molar refractivity (Wildman–Crippen MR) is 132 cm³/mol. The molecule has 196 valence electrons. The van der Waals surface area contributed by atoms with Crippen molar-refractivity contribution in [3.05, 3.63) is 93.8 Å². The number of benzene rings is 2. The van der Waals surface area contributed by atoms with Gasteiger partial charge in [0, 0.05) is 12.6 Å². The van der Waals surface area contributed by atoms with Gasteiger partial charge in [0.1, 0.15) is 11.6 Å². The lowest BCUT2D eigenvalue weighted by atomic mass is 9.88. The smallest absolute Gasteiger partial charge is 0.369 e. The summed E-state index contributed by atoms with van der Waals surface area (Å²) in [6, 6.07) is 12.0. The van der Waals surface area contributed by atoms with Crippen LogP contribution in [0.3, 0.4) is 0 Å². The number of hydrogen-bond donors (Lipinski definition) is 1. The Hall–Kier alpha value is -3.33. The summed E-state index contributed by atoms with van der Waals surface area (Å²) in [5.41, 5.74) is 6.98. The molecule has 1 aliphatic heterocycles. The van der Waals surface area contributed by atoms with E-state index >= 15 is 0 Å². The molecule has 0 aliphatic carbocycles. The van der Waals surface area contributed by atoms with Crippen LogP contribution in [0.2, 0.25) is 0 Å². The van der Waals surface area contributed by atoms with Crippen LogP contribution in [0.1, 0.15) is 58.1 Å². The number of nitrogens with two attached hydrogens (primary N) is 1. The van der Waals surface area contributed by atoms with Crippen LogP contribution in [0.15, 0.2) is 48.7 Å². The van der Waals surface area contributed by atoms with Gasteiger partial charge in [0.05, 0.1) is 17.7 Å². The van der Waals surface area contributed by atoms with Gasteiger partial charge in [0.25, 0.3) is 0 Å². The second-order valence-electron chi connectivity index (χ2n) is 9.67. The summed E-state index contributed by atoms with van der Waals surface area (Å²) in [6.45, 7) is 1.84. The fourth-order valence-electron chi connectivity index (χ4n) is 4.90. The number of halogens is 4. The Labute approximate surface area is 213 Å². The average Bonchev–Trinajstić information content (AvgIpc) is 2.83. The maximum Gasteiger partial charge on any atom is 0.419 e. The number of alkyl halides is 3. The lowest BCUT2D eigenvalue weighted by Gasteiger charge is -2.29. The molecule has 0 radical (unpaired) electrons. The van der Waals surface area contributed by atoms with E-state index in [9.17, 15) is 22.4 Å². The van der Waals surface area contributed by atoms with E-state index in [2.05, 4.69) is 14.9 Å². The minimum absolute atomic E-state index is 0.00354. The van der Waals surface area contributed by atoms with Gasteiger partial charge >= 0.3 is 6.18 Å². The summed E-state index contributed by atoms with van der Waals surface area (Å²) in [5.74, 6) is -0.455. The molecule has 37 heavy (non-hydrogen) atoms. The van der Waals surface area contributed by atoms with Crippen molar-refractivity contribution in [2.45, 2.75) is 50.6 Å². The van der Waals surface area contributed by atoms with Gasteiger partial charge in [-0.25, -0.2) is 14.4 Å². The molecule has 3 aromatic rings. The van der Waals surface area contributed by atoms with Crippen LogP contribution in [-0.4, -0.2) is 40.9 Å². The zero-order valence-corrected chi connectivity index (χ0v) is 20.7. The SMILES string of the molecule is CN1CCC(c2ccc(Cc3ncc(C(F)(F)F)c(CCc4ccccc4CC(N)=O)n3)cc2F)CC1. The Kier molecular flexibility index (Phi) is 8.22. The molecule has 1 aromatic heterocycles. The van der Waals surface area contributed by atoms with Gasteiger partial charge in [-0.3, -0.25) is 4.79 Å². The molecule has 4 rings (SSSR count). The van der Waals surface area contributed by atoms with Gasteiger partial charge in [0.2, 0.25) is 5.91 Å². The number of amides is 1. The Morgan fingerprint density at radius 2 is 1.78 bits per heavy atom. The summed E-state index contributed by atoms with van der Waals surface area (Å²) in [6.07, 6.45) is -1.64. The summed E-state index contributed by atoms with van der Waals surface area (Å²) < 4.78 is 56.0. The zero-order chi connectivity index (χ0) is 26.6. The van der Waals surface area contributed by atoms with Gasteiger partial charge in [-0.15, -0.1) is 0 Å². The van der Waals surface area contributed by atoms with Crippen molar-refractivity contribution < 1.29 is 22.4 Å². The van der Waals surface area contributed by atoms with Crippen LogP contribution in [0, 0.1) is 5.82 Å². The highest BCUT2D eigenvalue weighted by atomic mass is 19.4. The standard InChI is InChI=1S/C28H30F4N4O/c1-36-12-10-20(11-13-36)22-8-6-18(14-24(22)29)15-27-34-17-23(28(30,31)32)25(35-27)9-7-19-4-2-3-5-21(19)16-26(33)37/h2-6,8,14,17,20H,7,9-13,15-16H2,1H3,(H2,33,37). The molecule has 0 spiro atoms. The highest BCUT2D eigenvalue weighted by Crippen LogP contribution is 2.32. The molecule has 0 bridgehead atoms. The first kappa shape index (κ1) is 26.7. The number of aromatic nitrogens is 2. The third-order valence-corrected chi connectivity index (χ3v) is 6.92. The van der Waals surface area contributed by atoms with Crippen molar-refractivity contribution in [1.29, 1.82) is 0 Å². The number of carbonyl (C=O) groups is 1. The lowest BCUT2D eigenvalue weighted by Crippen LogP contribution is -2.29. The molecule has 1 aliphatic rings. The molecular weight excluding hydrogens is 484 g/mol. The maximum absolute atomic E-state index is 14.9. The van der Waals surface area contributed by atoms with Crippen molar-refractivity contribution >= 4 is 5.91 Å². The van der Waals surface area contributed by atoms with Gasteiger partial charge in [-0.2, -0.15) is 13.2 Å². The molecule has 2 aromatic carbocycles. The lowest BCUT2D eigenvalue weighted by molar-refractivity contribution is -0.138. The number of aryl methyl sites for hydroxylation is 2. The van der Waals surface area contributed by atoms with E-state index in [0.29, 0.717) is 16.7 Å². The fourth-order valence-corrected chi connectivity index (χ4v) is 4.90. The second-order valence-corrected chi connectivity index (χ2v) is 9.67. The van der Waals surface area contributed by atoms with Crippen LogP contribution in [0.25, 0.3) is 0 Å². The summed E-state index contributed by atoms with van der Waals surface area (Å²) in [5, 5.41) is 0. The van der Waals surface area contributed by atoms with Crippen LogP contribution >= 0.6 is 0 Å². The normalized spacial score (nSPS) is 15.2. The predicted octanol–water partition coefficient (Wildman–Crippen LogP) is 4.85. The van der Waals surface area contributed by atoms with Crippen molar-refractivity contribution in [1.82, 2.24) is 14.9 Å². The molecule has 1 amide bonds. The molecule has 9 heteroatoms. The third kappa shape index (κ3) is 6.91. The quantitative estimate of drug-likeness (QED) is 0.437. The number of hydrogen-bond acceptors (Lipinski definition) is 4. The van der Waals surface area contributed by atoms with E-state index in [-0.39, 0.29) is 48.9 Å². The number of piperidine rings is 1. The van der Waals surface area contributed by atoms with Crippen molar-refractivity contribution in [3.63, 3.8) is 0 Å². The van der Waals surface area contributed by atoms with E-state index < -0.39 is 17.6 Å². The van der Waals surface area contributed by atoms with Gasteiger partial charge in [-0.1, -0.05) is 36.4 Å². The molecule has 1 saturated heterocycles. The largest absolute Gasteiger partial charge is 0.419 e. The van der Waals surface area contributed by atoms with Crippen LogP contribution < -0.4 is 5.73 Å². The van der Waals surface area contributed by atoms with Gasteiger partial charge < -0.3 is 10.6 Å². The van der Waals surface area contributed by atoms with E-state index in [1.165, 1.54) is 6.07 Å². The first-order valence-electron chi connectivity index (χ1n) is 12.3. The topological polar surface area (TPSA) is 72.1 Å². The Morgan fingerprint density at radius 1 is 1.08 bits per heavy atom. The average molecular weight is 515 g/mol. The van der Waals surface area contributed by atoms with Crippen LogP contribution in [-0.2, 0) is 36.7 Å². The molecular formula is C28H30F4N4O. The first-order valence-corrected chi connectivity index (χ1v) is 12.3. The Balaban J connectivity index is 1.53. The summed E-state index contributed by atoms with van der Waals surface area (Å²) >= 11 is 0. The first-order chi connectivity index (χ1) is 17.6. The maximum atomic E-state index is 14.9. The summed E-state index contributed by atoms with van der Waals surface area (Å²) in [7, 11) is 2.05. The highest BCUT2D eigenvalue weighted by Gasteiger charge is 2.35. The molecule has 2 N–H and O–H groups in total. The molecule has 0 saturated carbocycles. The van der Waals surface area contributed by atoms with E-state index in [4.69, 9.17) is 5.73 Å². The third-order valence-electron chi connectivity index (χ3n) is 6.92. The van der Waals surface area contributed by atoms with Crippen LogP contribution in [0.5, 0.6) is 0 Å². The highest BCUT2D eigenvalue weighted by molar-refractivity contribution is 5.77. The van der Waals surface area contributed by atoms with Gasteiger partial charge in [0.15, 0.2) is 0 Å². The second kappa shape index (κ2) is 11.4. The number of likely N-dealkylation sites (tertiary alicyclic amines) is 1. The monoisotopic (exact) mass is 514 g/mol. The zero-order valence-electron chi connectivity index (χ0n) is 20.7. The summed E-state index contributed by atoms with van der Waals surface area (Å²) in [4.78, 5) is 21.8. The fraction of sp³-hybridized carbons (Fsp3) is 0.393. The number of carbonyl (C=O) groups excluding carboxylic acids is 1. The number of nitrogens with zero attached hydrogens (tertiary/aromatic N) is 3. The molecule has 1 fully saturated rings.